The lowest BCUT2D eigenvalue weighted by atomic mass is 10.1. The number of thioether (sulfide) groups is 1. The van der Waals surface area contributed by atoms with Crippen LogP contribution in [0.1, 0.15) is 59.8 Å². The summed E-state index contributed by atoms with van der Waals surface area (Å²) in [6.45, 7) is 9.26. The summed E-state index contributed by atoms with van der Waals surface area (Å²) in [5.41, 5.74) is 0. The Kier molecular flexibility index (Phi) is 19.7. The van der Waals surface area contributed by atoms with Gasteiger partial charge in [-0.1, -0.05) is 47.0 Å². The molecule has 1 nitrogen and oxygen atoms in total. The predicted molar refractivity (Wildman–Crippen MR) is 73.7 cm³/mol. The summed E-state index contributed by atoms with van der Waals surface area (Å²) < 4.78 is 0. The monoisotopic (exact) mass is 234 g/mol. The van der Waals surface area contributed by atoms with E-state index in [-0.39, 0.29) is 0 Å². The maximum Gasteiger partial charge on any atom is 0.0430 e. The Bertz CT molecular complexity index is 94.5. The zero-order valence-electron chi connectivity index (χ0n) is 11.1. The summed E-state index contributed by atoms with van der Waals surface area (Å²) in [6.07, 6.45) is 6.10. The van der Waals surface area contributed by atoms with Gasteiger partial charge in [0.05, 0.1) is 0 Å². The minimum Gasteiger partial charge on any atom is -0.396 e. The second-order valence-electron chi connectivity index (χ2n) is 4.05. The standard InChI is InChI=1S/C9H20S.C4H10O/c1-4-6-9(3)8-10-7-5-2;1-2-3-4-5/h9H,4-8H2,1-3H3;5H,2-4H2,1H3. The van der Waals surface area contributed by atoms with Gasteiger partial charge in [-0.05, 0) is 30.3 Å². The Labute approximate surface area is 101 Å². The van der Waals surface area contributed by atoms with Crippen molar-refractivity contribution in [2.45, 2.75) is 59.8 Å². The van der Waals surface area contributed by atoms with Crippen LogP contribution in [0.4, 0.5) is 0 Å². The molecule has 1 N–H and O–H groups in total. The predicted octanol–water partition coefficient (Wildman–Crippen LogP) is 4.34. The second-order valence-corrected chi connectivity index (χ2v) is 5.20. The zero-order chi connectivity index (χ0) is 11.9. The number of rotatable bonds is 8. The first-order valence-electron chi connectivity index (χ1n) is 6.41. The summed E-state index contributed by atoms with van der Waals surface area (Å²) in [5.74, 6) is 3.64. The molecule has 0 fully saturated rings. The van der Waals surface area contributed by atoms with E-state index in [1.807, 2.05) is 0 Å². The molecule has 0 saturated heterocycles. The highest BCUT2D eigenvalue weighted by molar-refractivity contribution is 7.99. The molecule has 1 atom stereocenters. The molecule has 0 radical (unpaired) electrons. The number of hydrogen-bond acceptors (Lipinski definition) is 2. The summed E-state index contributed by atoms with van der Waals surface area (Å²) in [6, 6.07) is 0. The molecule has 2 heteroatoms. The van der Waals surface area contributed by atoms with Gasteiger partial charge in [0.15, 0.2) is 0 Å². The van der Waals surface area contributed by atoms with Crippen molar-refractivity contribution in [1.29, 1.82) is 0 Å². The number of aliphatic hydroxyl groups excluding tert-OH is 1. The Morgan fingerprint density at radius 2 is 1.73 bits per heavy atom. The first-order valence-corrected chi connectivity index (χ1v) is 7.56. The van der Waals surface area contributed by atoms with Crippen molar-refractivity contribution < 1.29 is 5.11 Å². The van der Waals surface area contributed by atoms with Crippen molar-refractivity contribution in [3.63, 3.8) is 0 Å². The van der Waals surface area contributed by atoms with Gasteiger partial charge in [-0.15, -0.1) is 0 Å². The van der Waals surface area contributed by atoms with Crippen LogP contribution in [0.25, 0.3) is 0 Å². The van der Waals surface area contributed by atoms with E-state index in [2.05, 4.69) is 39.5 Å². The minimum atomic E-state index is 0.344. The summed E-state index contributed by atoms with van der Waals surface area (Å²) in [7, 11) is 0. The third-order valence-corrected chi connectivity index (χ3v) is 3.55. The molecule has 0 aliphatic rings. The van der Waals surface area contributed by atoms with Crippen LogP contribution < -0.4 is 0 Å². The average molecular weight is 234 g/mol. The minimum absolute atomic E-state index is 0.344. The topological polar surface area (TPSA) is 20.2 Å². The lowest BCUT2D eigenvalue weighted by Crippen LogP contribution is -1.97. The Hall–Kier alpha value is 0.310. The smallest absolute Gasteiger partial charge is 0.0430 e. The molecule has 1 unspecified atom stereocenters. The lowest BCUT2D eigenvalue weighted by molar-refractivity contribution is 0.287. The molecule has 0 saturated carbocycles. The van der Waals surface area contributed by atoms with Gasteiger partial charge in [0.25, 0.3) is 0 Å². The molecule has 0 aliphatic heterocycles. The van der Waals surface area contributed by atoms with Crippen molar-refractivity contribution in [2.75, 3.05) is 18.1 Å². The molecule has 0 aromatic carbocycles. The van der Waals surface area contributed by atoms with Crippen LogP contribution >= 0.6 is 11.8 Å². The van der Waals surface area contributed by atoms with Gasteiger partial charge >= 0.3 is 0 Å². The Morgan fingerprint density at radius 3 is 2.07 bits per heavy atom. The van der Waals surface area contributed by atoms with Gasteiger partial charge in [-0.25, -0.2) is 0 Å². The second kappa shape index (κ2) is 16.7. The lowest BCUT2D eigenvalue weighted by Gasteiger charge is -2.07. The van der Waals surface area contributed by atoms with Crippen LogP contribution in [-0.4, -0.2) is 23.2 Å². The first kappa shape index (κ1) is 17.7. The van der Waals surface area contributed by atoms with E-state index in [0.29, 0.717) is 6.61 Å². The number of unbranched alkanes of at least 4 members (excludes halogenated alkanes) is 1. The van der Waals surface area contributed by atoms with Gasteiger partial charge in [-0.2, -0.15) is 11.8 Å². The summed E-state index contributed by atoms with van der Waals surface area (Å²) in [5, 5.41) is 8.07. The maximum atomic E-state index is 8.07. The van der Waals surface area contributed by atoms with Crippen molar-refractivity contribution in [3.05, 3.63) is 0 Å². The molecule has 0 amide bonds. The molecule has 0 heterocycles. The molecule has 0 bridgehead atoms. The summed E-state index contributed by atoms with van der Waals surface area (Å²) >= 11 is 2.10. The van der Waals surface area contributed by atoms with Gasteiger partial charge < -0.3 is 5.11 Å². The SMILES string of the molecule is CCCCO.CCCSCC(C)CCC. The van der Waals surface area contributed by atoms with Crippen molar-refractivity contribution in [2.24, 2.45) is 5.92 Å². The van der Waals surface area contributed by atoms with Crippen LogP contribution in [0.5, 0.6) is 0 Å². The van der Waals surface area contributed by atoms with Crippen LogP contribution in [0.15, 0.2) is 0 Å². The third-order valence-electron chi connectivity index (χ3n) is 2.04. The highest BCUT2D eigenvalue weighted by Gasteiger charge is 1.98. The Balaban J connectivity index is 0. The van der Waals surface area contributed by atoms with Crippen LogP contribution in [0, 0.1) is 5.92 Å². The molecular weight excluding hydrogens is 204 g/mol. The van der Waals surface area contributed by atoms with Crippen molar-refractivity contribution in [1.82, 2.24) is 0 Å². The van der Waals surface area contributed by atoms with E-state index in [1.165, 1.54) is 30.8 Å². The molecule has 0 aromatic heterocycles. The molecular formula is C13H30OS. The van der Waals surface area contributed by atoms with E-state index in [1.54, 1.807) is 0 Å². The van der Waals surface area contributed by atoms with Crippen molar-refractivity contribution >= 4 is 11.8 Å². The van der Waals surface area contributed by atoms with Gasteiger partial charge in [0, 0.05) is 6.61 Å². The molecule has 0 aliphatic carbocycles. The molecule has 0 aromatic rings. The molecule has 94 valence electrons. The number of hydrogen-bond donors (Lipinski definition) is 1. The highest BCUT2D eigenvalue weighted by Crippen LogP contribution is 2.13. The number of aliphatic hydroxyl groups is 1. The fourth-order valence-corrected chi connectivity index (χ4v) is 2.19. The Morgan fingerprint density at radius 1 is 1.07 bits per heavy atom. The first-order chi connectivity index (χ1) is 7.22. The van der Waals surface area contributed by atoms with E-state index in [9.17, 15) is 0 Å². The van der Waals surface area contributed by atoms with Crippen LogP contribution in [0.3, 0.4) is 0 Å². The zero-order valence-corrected chi connectivity index (χ0v) is 11.9. The molecule has 15 heavy (non-hydrogen) atoms. The molecule has 0 rings (SSSR count). The summed E-state index contributed by atoms with van der Waals surface area (Å²) in [4.78, 5) is 0. The maximum absolute atomic E-state index is 8.07. The quantitative estimate of drug-likeness (QED) is 0.630. The fraction of sp³-hybridized carbons (Fsp3) is 1.00. The van der Waals surface area contributed by atoms with Crippen LogP contribution in [0.2, 0.25) is 0 Å². The fourth-order valence-electron chi connectivity index (χ4n) is 1.16. The van der Waals surface area contributed by atoms with E-state index >= 15 is 0 Å². The largest absolute Gasteiger partial charge is 0.396 e. The average Bonchev–Trinajstić information content (AvgIpc) is 2.21. The van der Waals surface area contributed by atoms with Crippen LogP contribution in [-0.2, 0) is 0 Å². The van der Waals surface area contributed by atoms with Crippen molar-refractivity contribution in [3.8, 4) is 0 Å². The van der Waals surface area contributed by atoms with Gasteiger partial charge in [-0.3, -0.25) is 0 Å². The van der Waals surface area contributed by atoms with Gasteiger partial charge in [0.1, 0.15) is 0 Å². The molecule has 0 spiro atoms. The van der Waals surface area contributed by atoms with E-state index in [4.69, 9.17) is 5.11 Å². The van der Waals surface area contributed by atoms with E-state index < -0.39 is 0 Å². The highest BCUT2D eigenvalue weighted by atomic mass is 32.2. The third kappa shape index (κ3) is 20.4. The van der Waals surface area contributed by atoms with E-state index in [0.717, 1.165) is 18.8 Å². The normalized spacial score (nSPS) is 11.8. The van der Waals surface area contributed by atoms with Gasteiger partial charge in [0.2, 0.25) is 0 Å².